The van der Waals surface area contributed by atoms with Crippen molar-refractivity contribution in [1.29, 1.82) is 0 Å². The second-order valence-corrected chi connectivity index (χ2v) is 20.5. The van der Waals surface area contributed by atoms with Crippen molar-refractivity contribution in [3.8, 4) is 0 Å². The number of esters is 3. The number of hydrogen-bond acceptors (Lipinski definition) is 6. The third-order valence-electron chi connectivity index (χ3n) is 13.0. The molecule has 0 heterocycles. The Kier molecular flexibility index (Phi) is 61.4. The molecule has 0 spiro atoms. The molecule has 1 atom stereocenters. The van der Waals surface area contributed by atoms with Gasteiger partial charge in [-0.15, -0.1) is 0 Å². The molecule has 0 fully saturated rings. The molecule has 0 amide bonds. The van der Waals surface area contributed by atoms with Gasteiger partial charge in [0.15, 0.2) is 6.10 Å². The van der Waals surface area contributed by atoms with E-state index in [1.165, 1.54) is 51.4 Å². The average molecular weight is 1090 g/mol. The molecule has 0 saturated heterocycles. The van der Waals surface area contributed by atoms with Crippen LogP contribution < -0.4 is 0 Å². The van der Waals surface area contributed by atoms with Gasteiger partial charge in [0.2, 0.25) is 0 Å². The third kappa shape index (κ3) is 63.7. The van der Waals surface area contributed by atoms with Gasteiger partial charge in [0.1, 0.15) is 13.2 Å². The lowest BCUT2D eigenvalue weighted by molar-refractivity contribution is -0.167. The van der Waals surface area contributed by atoms with Crippen LogP contribution in [0.2, 0.25) is 0 Å². The highest BCUT2D eigenvalue weighted by molar-refractivity contribution is 5.71. The van der Waals surface area contributed by atoms with Crippen molar-refractivity contribution < 1.29 is 28.6 Å². The molecule has 0 N–H and O–H groups in total. The Hall–Kier alpha value is -4.97. The monoisotopic (exact) mass is 1090 g/mol. The van der Waals surface area contributed by atoms with Crippen LogP contribution in [-0.4, -0.2) is 37.2 Å². The number of ether oxygens (including phenoxy) is 3. The van der Waals surface area contributed by atoms with Crippen molar-refractivity contribution in [2.45, 2.75) is 271 Å². The highest BCUT2D eigenvalue weighted by Crippen LogP contribution is 2.14. The SMILES string of the molecule is CC/C=C\C/C=C\C/C=C\C/C=C\C/C=C\C/C=C\CCCCCCC(=O)OCC(COC(=O)CCCCCCCCC/C=C\C/C=C\CCCCC)OC(=O)CCCCCCC/C=C\C/C=C\C/C=C\C/C=C\C/C=C\CC. The van der Waals surface area contributed by atoms with Crippen LogP contribution in [0.25, 0.3) is 0 Å². The zero-order chi connectivity index (χ0) is 57.1. The Morgan fingerprint density at radius 2 is 0.494 bits per heavy atom. The molecule has 79 heavy (non-hydrogen) atoms. The maximum Gasteiger partial charge on any atom is 0.306 e. The highest BCUT2D eigenvalue weighted by atomic mass is 16.6. The van der Waals surface area contributed by atoms with Crippen LogP contribution in [0.3, 0.4) is 0 Å². The van der Waals surface area contributed by atoms with Crippen LogP contribution in [0.5, 0.6) is 0 Å². The Morgan fingerprint density at radius 3 is 0.772 bits per heavy atom. The number of allylic oxidation sites excluding steroid dienone is 26. The summed E-state index contributed by atoms with van der Waals surface area (Å²) in [5.41, 5.74) is 0. The van der Waals surface area contributed by atoms with Gasteiger partial charge in [-0.05, 0) is 148 Å². The highest BCUT2D eigenvalue weighted by Gasteiger charge is 2.19. The van der Waals surface area contributed by atoms with E-state index in [1.54, 1.807) is 0 Å². The van der Waals surface area contributed by atoms with Gasteiger partial charge in [0.05, 0.1) is 0 Å². The van der Waals surface area contributed by atoms with Crippen molar-refractivity contribution in [3.63, 3.8) is 0 Å². The van der Waals surface area contributed by atoms with E-state index in [9.17, 15) is 14.4 Å². The summed E-state index contributed by atoms with van der Waals surface area (Å²) in [5.74, 6) is -0.959. The molecule has 0 aliphatic rings. The van der Waals surface area contributed by atoms with E-state index in [4.69, 9.17) is 14.2 Å². The second kappa shape index (κ2) is 65.5. The molecular formula is C73H116O6. The van der Waals surface area contributed by atoms with Crippen molar-refractivity contribution in [3.05, 3.63) is 158 Å². The Morgan fingerprint density at radius 1 is 0.266 bits per heavy atom. The topological polar surface area (TPSA) is 78.9 Å². The maximum atomic E-state index is 12.9. The fourth-order valence-corrected chi connectivity index (χ4v) is 8.27. The molecule has 0 aromatic heterocycles. The van der Waals surface area contributed by atoms with Gasteiger partial charge in [0.25, 0.3) is 0 Å². The summed E-state index contributed by atoms with van der Waals surface area (Å²) in [6.45, 7) is 6.34. The van der Waals surface area contributed by atoms with Crippen LogP contribution >= 0.6 is 0 Å². The third-order valence-corrected chi connectivity index (χ3v) is 13.0. The number of unbranched alkanes of at least 4 members (excludes halogenated alkanes) is 19. The fraction of sp³-hybridized carbons (Fsp3) is 0.603. The first-order valence-electron chi connectivity index (χ1n) is 32.0. The van der Waals surface area contributed by atoms with Crippen LogP contribution in [0, 0.1) is 0 Å². The van der Waals surface area contributed by atoms with Crippen molar-refractivity contribution in [1.82, 2.24) is 0 Å². The van der Waals surface area contributed by atoms with E-state index < -0.39 is 6.10 Å². The number of hydrogen-bond donors (Lipinski definition) is 0. The molecule has 0 aliphatic carbocycles. The van der Waals surface area contributed by atoms with Gasteiger partial charge in [0, 0.05) is 19.3 Å². The van der Waals surface area contributed by atoms with Crippen LogP contribution in [0.15, 0.2) is 158 Å². The Bertz CT molecular complexity index is 1780. The smallest absolute Gasteiger partial charge is 0.306 e. The average Bonchev–Trinajstić information content (AvgIpc) is 3.45. The summed E-state index contributed by atoms with van der Waals surface area (Å²) in [5, 5.41) is 0. The molecule has 0 aromatic carbocycles. The predicted octanol–water partition coefficient (Wildman–Crippen LogP) is 22.1. The van der Waals surface area contributed by atoms with E-state index in [0.717, 1.165) is 173 Å². The molecule has 1 unspecified atom stereocenters. The van der Waals surface area contributed by atoms with Gasteiger partial charge in [-0.1, -0.05) is 256 Å². The normalized spacial score (nSPS) is 13.2. The molecule has 6 nitrogen and oxygen atoms in total. The molecule has 0 rings (SSSR count). The molecule has 0 bridgehead atoms. The first-order valence-corrected chi connectivity index (χ1v) is 32.0. The summed E-state index contributed by atoms with van der Waals surface area (Å²) >= 11 is 0. The van der Waals surface area contributed by atoms with Crippen molar-refractivity contribution in [2.75, 3.05) is 13.2 Å². The van der Waals surface area contributed by atoms with E-state index in [1.807, 2.05) is 0 Å². The summed E-state index contributed by atoms with van der Waals surface area (Å²) in [6, 6.07) is 0. The first-order chi connectivity index (χ1) is 39.0. The van der Waals surface area contributed by atoms with E-state index in [-0.39, 0.29) is 31.1 Å². The number of carbonyl (C=O) groups excluding carboxylic acids is 3. The van der Waals surface area contributed by atoms with Gasteiger partial charge in [-0.3, -0.25) is 14.4 Å². The molecule has 444 valence electrons. The lowest BCUT2D eigenvalue weighted by atomic mass is 10.1. The molecule has 0 aromatic rings. The Balaban J connectivity index is 4.53. The molecule has 0 saturated carbocycles. The summed E-state index contributed by atoms with van der Waals surface area (Å²) < 4.78 is 16.9. The van der Waals surface area contributed by atoms with Gasteiger partial charge < -0.3 is 14.2 Å². The van der Waals surface area contributed by atoms with Crippen molar-refractivity contribution >= 4 is 17.9 Å². The molecule has 6 heteroatoms. The van der Waals surface area contributed by atoms with Gasteiger partial charge >= 0.3 is 17.9 Å². The summed E-state index contributed by atoms with van der Waals surface area (Å²) in [4.78, 5) is 38.4. The largest absolute Gasteiger partial charge is 0.462 e. The predicted molar refractivity (Wildman–Crippen MR) is 343 cm³/mol. The fourth-order valence-electron chi connectivity index (χ4n) is 8.27. The van der Waals surface area contributed by atoms with E-state index >= 15 is 0 Å². The Labute approximate surface area is 486 Å². The second-order valence-electron chi connectivity index (χ2n) is 20.5. The molecular weight excluding hydrogens is 973 g/mol. The van der Waals surface area contributed by atoms with Crippen LogP contribution in [-0.2, 0) is 28.6 Å². The van der Waals surface area contributed by atoms with E-state index in [0.29, 0.717) is 19.3 Å². The van der Waals surface area contributed by atoms with Crippen LogP contribution in [0.1, 0.15) is 265 Å². The number of carbonyl (C=O) groups is 3. The summed E-state index contributed by atoms with van der Waals surface area (Å²) in [6.07, 6.45) is 95.2. The standard InChI is InChI=1S/C73H116O6/c1-4-7-10-13-16-19-22-25-28-31-33-35-36-38-39-42-45-48-51-54-57-60-63-66-72(75)78-69-70(68-77-71(74)65-62-59-56-53-50-47-44-41-30-27-24-21-18-15-12-9-6-3)79-73(76)67-64-61-58-55-52-49-46-43-40-37-34-32-29-26-23-20-17-14-11-8-5-2/h7-8,10-11,16-21,25-30,33-35,37-39,43,45-46,48,70H,4-6,9,12-15,22-24,31-32,36,40-42,44,47,49-69H2,1-3H3/b10-7-,11-8-,19-16-,20-17-,21-18-,28-25-,29-26-,30-27-,35-33-,37-34-,39-38-,46-43-,48-45-. The lowest BCUT2D eigenvalue weighted by Gasteiger charge is -2.18. The minimum Gasteiger partial charge on any atom is -0.462 e. The quantitative estimate of drug-likeness (QED) is 0.0261. The van der Waals surface area contributed by atoms with Crippen molar-refractivity contribution in [2.24, 2.45) is 0 Å². The molecule has 0 radical (unpaired) electrons. The van der Waals surface area contributed by atoms with Crippen LogP contribution in [0.4, 0.5) is 0 Å². The summed E-state index contributed by atoms with van der Waals surface area (Å²) in [7, 11) is 0. The van der Waals surface area contributed by atoms with Gasteiger partial charge in [-0.25, -0.2) is 0 Å². The number of rotatable bonds is 56. The molecule has 0 aliphatic heterocycles. The van der Waals surface area contributed by atoms with E-state index in [2.05, 4.69) is 179 Å². The first kappa shape index (κ1) is 74.0. The lowest BCUT2D eigenvalue weighted by Crippen LogP contribution is -2.30. The minimum atomic E-state index is -0.813. The maximum absolute atomic E-state index is 12.9. The zero-order valence-corrected chi connectivity index (χ0v) is 50.8. The van der Waals surface area contributed by atoms with Gasteiger partial charge in [-0.2, -0.15) is 0 Å². The minimum absolute atomic E-state index is 0.105. The zero-order valence-electron chi connectivity index (χ0n) is 50.8.